The molecule has 0 saturated heterocycles. The number of halogens is 2. The van der Waals surface area contributed by atoms with Crippen LogP contribution in [0.25, 0.3) is 10.9 Å². The van der Waals surface area contributed by atoms with Crippen molar-refractivity contribution in [3.05, 3.63) is 74.9 Å². The molecule has 1 N–H and O–H groups in total. The van der Waals surface area contributed by atoms with Gasteiger partial charge in [0.1, 0.15) is 0 Å². The van der Waals surface area contributed by atoms with Gasteiger partial charge in [0.05, 0.1) is 28.0 Å². The summed E-state index contributed by atoms with van der Waals surface area (Å²) in [6, 6.07) is 12.7. The van der Waals surface area contributed by atoms with E-state index in [4.69, 9.17) is 23.2 Å². The number of hydrogen-bond acceptors (Lipinski definition) is 3. The lowest BCUT2D eigenvalue weighted by molar-refractivity contribution is 0.0954. The molecule has 0 aliphatic rings. The number of amides is 1. The van der Waals surface area contributed by atoms with Gasteiger partial charge in [0.25, 0.3) is 5.91 Å². The number of carbonyl (C=O) groups excluding carboxylic acids is 1. The minimum absolute atomic E-state index is 0.324. The lowest BCUT2D eigenvalue weighted by atomic mass is 10.1. The predicted octanol–water partition coefficient (Wildman–Crippen LogP) is 4.92. The van der Waals surface area contributed by atoms with Gasteiger partial charge in [0.15, 0.2) is 0 Å². The van der Waals surface area contributed by atoms with Crippen LogP contribution >= 0.6 is 23.2 Å². The Labute approximate surface area is 155 Å². The molecule has 0 aliphatic carbocycles. The molecule has 1 aromatic heterocycles. The van der Waals surface area contributed by atoms with Crippen molar-refractivity contribution in [1.82, 2.24) is 10.4 Å². The van der Waals surface area contributed by atoms with E-state index in [2.05, 4.69) is 15.5 Å². The van der Waals surface area contributed by atoms with Crippen LogP contribution in [0, 0.1) is 13.8 Å². The van der Waals surface area contributed by atoms with Crippen LogP contribution in [0.5, 0.6) is 0 Å². The number of carbonyl (C=O) groups is 1. The second-order valence-corrected chi connectivity index (χ2v) is 6.48. The lowest BCUT2D eigenvalue weighted by Crippen LogP contribution is -2.19. The number of nitrogens with one attached hydrogen (secondary N) is 1. The molecule has 1 heterocycles. The van der Waals surface area contributed by atoms with Crippen LogP contribution in [0.4, 0.5) is 0 Å². The summed E-state index contributed by atoms with van der Waals surface area (Å²) in [6.45, 7) is 3.80. The van der Waals surface area contributed by atoms with Crippen molar-refractivity contribution in [1.29, 1.82) is 0 Å². The van der Waals surface area contributed by atoms with E-state index in [1.807, 2.05) is 31.2 Å². The average molecular weight is 372 g/mol. The van der Waals surface area contributed by atoms with Crippen molar-refractivity contribution in [2.24, 2.45) is 5.10 Å². The maximum atomic E-state index is 12.4. The number of aromatic nitrogens is 1. The third-order valence-corrected chi connectivity index (χ3v) is 4.38. The largest absolute Gasteiger partial charge is 0.273 e. The minimum atomic E-state index is -0.324. The summed E-state index contributed by atoms with van der Waals surface area (Å²) in [5.41, 5.74) is 6.27. The first-order valence-electron chi connectivity index (χ1n) is 7.61. The van der Waals surface area contributed by atoms with Crippen LogP contribution in [-0.2, 0) is 0 Å². The van der Waals surface area contributed by atoms with Gasteiger partial charge in [0.2, 0.25) is 0 Å². The number of aryl methyl sites for hydroxylation is 2. The molecular formula is C19H15Cl2N3O. The highest BCUT2D eigenvalue weighted by Crippen LogP contribution is 2.20. The predicted molar refractivity (Wildman–Crippen MR) is 103 cm³/mol. The van der Waals surface area contributed by atoms with Gasteiger partial charge in [-0.05, 0) is 37.6 Å². The highest BCUT2D eigenvalue weighted by atomic mass is 35.5. The summed E-state index contributed by atoms with van der Waals surface area (Å²) in [7, 11) is 0. The number of hydrazone groups is 1. The summed E-state index contributed by atoms with van der Waals surface area (Å²) < 4.78 is 0. The van der Waals surface area contributed by atoms with E-state index < -0.39 is 0 Å². The normalized spacial score (nSPS) is 11.2. The second-order valence-electron chi connectivity index (χ2n) is 5.63. The van der Waals surface area contributed by atoms with E-state index in [0.717, 1.165) is 16.5 Å². The number of para-hydroxylation sites is 1. The number of fused-ring (bicyclic) bond motifs is 1. The van der Waals surface area contributed by atoms with Crippen molar-refractivity contribution >= 4 is 46.2 Å². The van der Waals surface area contributed by atoms with Crippen LogP contribution in [-0.4, -0.2) is 17.1 Å². The molecule has 0 aliphatic heterocycles. The molecule has 3 rings (SSSR count). The molecular weight excluding hydrogens is 357 g/mol. The Kier molecular flexibility index (Phi) is 5.02. The first-order chi connectivity index (χ1) is 12.0. The van der Waals surface area contributed by atoms with E-state index in [-0.39, 0.29) is 5.91 Å². The molecule has 6 heteroatoms. The first-order valence-corrected chi connectivity index (χ1v) is 8.37. The molecule has 0 spiro atoms. The standard InChI is InChI=1S/C19H15Cl2N3O/c1-11-4-3-5-13-8-16(12(2)23-18(11)13)19(25)24-22-10-14-6-7-15(20)9-17(14)21/h3-10H,1-2H3,(H,24,25)/b22-10-. The molecule has 0 bridgehead atoms. The van der Waals surface area contributed by atoms with E-state index >= 15 is 0 Å². The molecule has 0 atom stereocenters. The van der Waals surface area contributed by atoms with Crippen LogP contribution in [0.1, 0.15) is 27.2 Å². The molecule has 0 radical (unpaired) electrons. The van der Waals surface area contributed by atoms with Crippen molar-refractivity contribution in [3.63, 3.8) is 0 Å². The molecule has 0 unspecified atom stereocenters. The van der Waals surface area contributed by atoms with Crippen LogP contribution in [0.15, 0.2) is 47.6 Å². The monoisotopic (exact) mass is 371 g/mol. The summed E-state index contributed by atoms with van der Waals surface area (Å²) in [5.74, 6) is -0.324. The van der Waals surface area contributed by atoms with Gasteiger partial charge >= 0.3 is 0 Å². The summed E-state index contributed by atoms with van der Waals surface area (Å²) in [5, 5.41) is 5.89. The minimum Gasteiger partial charge on any atom is -0.267 e. The highest BCUT2D eigenvalue weighted by molar-refractivity contribution is 6.36. The molecule has 0 fully saturated rings. The van der Waals surface area contributed by atoms with Crippen molar-refractivity contribution in [3.8, 4) is 0 Å². The Morgan fingerprint density at radius 3 is 2.72 bits per heavy atom. The van der Waals surface area contributed by atoms with Crippen LogP contribution < -0.4 is 5.43 Å². The first kappa shape index (κ1) is 17.4. The molecule has 4 nitrogen and oxygen atoms in total. The Morgan fingerprint density at radius 2 is 1.96 bits per heavy atom. The van der Waals surface area contributed by atoms with Gasteiger partial charge in [-0.25, -0.2) is 5.43 Å². The zero-order valence-corrected chi connectivity index (χ0v) is 15.2. The fourth-order valence-corrected chi connectivity index (χ4v) is 2.95. The number of rotatable bonds is 3. The zero-order valence-electron chi connectivity index (χ0n) is 13.7. The third kappa shape index (κ3) is 3.81. The quantitative estimate of drug-likeness (QED) is 0.524. The number of benzene rings is 2. The molecule has 25 heavy (non-hydrogen) atoms. The SMILES string of the molecule is Cc1nc2c(C)cccc2cc1C(=O)N/N=C\c1ccc(Cl)cc1Cl. The number of hydrogen-bond donors (Lipinski definition) is 1. The Hall–Kier alpha value is -2.43. The van der Waals surface area contributed by atoms with Gasteiger partial charge in [-0.15, -0.1) is 0 Å². The third-order valence-electron chi connectivity index (χ3n) is 3.81. The van der Waals surface area contributed by atoms with Gasteiger partial charge in [-0.2, -0.15) is 5.10 Å². The van der Waals surface area contributed by atoms with Crippen molar-refractivity contribution in [2.75, 3.05) is 0 Å². The summed E-state index contributed by atoms with van der Waals surface area (Å²) in [6.07, 6.45) is 1.48. The van der Waals surface area contributed by atoms with Gasteiger partial charge in [0, 0.05) is 16.0 Å². The number of pyridine rings is 1. The average Bonchev–Trinajstić information content (AvgIpc) is 2.57. The maximum Gasteiger partial charge on any atom is 0.273 e. The summed E-state index contributed by atoms with van der Waals surface area (Å²) in [4.78, 5) is 16.9. The smallest absolute Gasteiger partial charge is 0.267 e. The Morgan fingerprint density at radius 1 is 1.16 bits per heavy atom. The van der Waals surface area contributed by atoms with Crippen molar-refractivity contribution < 1.29 is 4.79 Å². The Bertz CT molecular complexity index is 999. The molecule has 0 saturated carbocycles. The zero-order chi connectivity index (χ0) is 18.0. The van der Waals surface area contributed by atoms with E-state index in [1.54, 1.807) is 25.1 Å². The number of nitrogens with zero attached hydrogens (tertiary/aromatic N) is 2. The molecule has 2 aromatic carbocycles. The Balaban J connectivity index is 1.82. The maximum absolute atomic E-state index is 12.4. The topological polar surface area (TPSA) is 54.4 Å². The van der Waals surface area contributed by atoms with E-state index in [1.165, 1.54) is 6.21 Å². The van der Waals surface area contributed by atoms with Crippen molar-refractivity contribution in [2.45, 2.75) is 13.8 Å². The van der Waals surface area contributed by atoms with E-state index in [9.17, 15) is 4.79 Å². The molecule has 1 amide bonds. The second kappa shape index (κ2) is 7.21. The van der Waals surface area contributed by atoms with Crippen LogP contribution in [0.2, 0.25) is 10.0 Å². The summed E-state index contributed by atoms with van der Waals surface area (Å²) >= 11 is 11.9. The van der Waals surface area contributed by atoms with E-state index in [0.29, 0.717) is 26.9 Å². The van der Waals surface area contributed by atoms with Gasteiger partial charge < -0.3 is 0 Å². The molecule has 126 valence electrons. The lowest BCUT2D eigenvalue weighted by Gasteiger charge is -2.08. The van der Waals surface area contributed by atoms with Crippen LogP contribution in [0.3, 0.4) is 0 Å². The molecule has 3 aromatic rings. The fraction of sp³-hybridized carbons (Fsp3) is 0.105. The van der Waals surface area contributed by atoms with Gasteiger partial charge in [-0.3, -0.25) is 9.78 Å². The highest BCUT2D eigenvalue weighted by Gasteiger charge is 2.12. The van der Waals surface area contributed by atoms with Gasteiger partial charge in [-0.1, -0.05) is 47.5 Å². The fourth-order valence-electron chi connectivity index (χ4n) is 2.50.